The maximum absolute atomic E-state index is 3.86. The van der Waals surface area contributed by atoms with E-state index in [9.17, 15) is 0 Å². The Morgan fingerprint density at radius 1 is 1.50 bits per heavy atom. The van der Waals surface area contributed by atoms with Crippen molar-refractivity contribution in [2.75, 3.05) is 6.54 Å². The zero-order chi connectivity index (χ0) is 12.8. The number of hydrogen-bond acceptors (Lipinski definition) is 2. The molecule has 3 rings (SSSR count). The van der Waals surface area contributed by atoms with E-state index >= 15 is 0 Å². The third-order valence-electron chi connectivity index (χ3n) is 4.90. The van der Waals surface area contributed by atoms with Crippen LogP contribution in [0.25, 0.3) is 0 Å². The number of aryl methyl sites for hydroxylation is 1. The first-order valence-electron chi connectivity index (χ1n) is 7.12. The summed E-state index contributed by atoms with van der Waals surface area (Å²) in [5.74, 6) is 0.822. The second kappa shape index (κ2) is 4.92. The van der Waals surface area contributed by atoms with Crippen molar-refractivity contribution in [3.05, 3.63) is 20.3 Å². The Balaban J connectivity index is 1.67. The molecule has 1 unspecified atom stereocenters. The highest BCUT2D eigenvalue weighted by molar-refractivity contribution is 9.11. The minimum atomic E-state index is 0.604. The molecule has 3 heteroatoms. The van der Waals surface area contributed by atoms with Crippen LogP contribution in [0.5, 0.6) is 0 Å². The van der Waals surface area contributed by atoms with Crippen LogP contribution in [-0.2, 0) is 6.42 Å². The smallest absolute Gasteiger partial charge is 0.0704 e. The summed E-state index contributed by atoms with van der Waals surface area (Å²) in [7, 11) is 0. The molecule has 0 amide bonds. The van der Waals surface area contributed by atoms with Gasteiger partial charge in [-0.3, -0.25) is 0 Å². The minimum Gasteiger partial charge on any atom is -0.309 e. The zero-order valence-corrected chi connectivity index (χ0v) is 13.7. The quantitative estimate of drug-likeness (QED) is 0.828. The Bertz CT molecular complexity index is 434. The van der Waals surface area contributed by atoms with E-state index < -0.39 is 0 Å². The average molecular weight is 328 g/mol. The lowest BCUT2D eigenvalue weighted by molar-refractivity contribution is 0.311. The predicted molar refractivity (Wildman–Crippen MR) is 82.2 cm³/mol. The Morgan fingerprint density at radius 3 is 2.94 bits per heavy atom. The maximum atomic E-state index is 3.86. The van der Waals surface area contributed by atoms with E-state index in [1.54, 1.807) is 10.4 Å². The first-order chi connectivity index (χ1) is 8.61. The van der Waals surface area contributed by atoms with Crippen LogP contribution in [0, 0.1) is 11.3 Å². The van der Waals surface area contributed by atoms with Gasteiger partial charge in [-0.1, -0.05) is 13.8 Å². The zero-order valence-electron chi connectivity index (χ0n) is 11.3. The lowest BCUT2D eigenvalue weighted by Crippen LogP contribution is -2.32. The summed E-state index contributed by atoms with van der Waals surface area (Å²) in [5, 5.41) is 3.86. The molecule has 100 valence electrons. The molecular formula is C15H22BrNS. The van der Waals surface area contributed by atoms with E-state index in [0.717, 1.165) is 5.92 Å². The van der Waals surface area contributed by atoms with Gasteiger partial charge >= 0.3 is 0 Å². The van der Waals surface area contributed by atoms with Gasteiger partial charge in [-0.15, -0.1) is 11.3 Å². The van der Waals surface area contributed by atoms with Gasteiger partial charge < -0.3 is 5.32 Å². The van der Waals surface area contributed by atoms with E-state index in [0.29, 0.717) is 11.5 Å². The molecule has 1 nitrogen and oxygen atoms in total. The highest BCUT2D eigenvalue weighted by atomic mass is 79.9. The monoisotopic (exact) mass is 327 g/mol. The molecule has 0 radical (unpaired) electrons. The molecular weight excluding hydrogens is 306 g/mol. The standard InChI is InChI=1S/C15H22BrNS/c1-10(2)15(6-7-15)9-17-12-4-3-5-13-11(12)8-14(16)18-13/h8,10,12,17H,3-7,9H2,1-2H3. The van der Waals surface area contributed by atoms with E-state index in [4.69, 9.17) is 0 Å². The van der Waals surface area contributed by atoms with Gasteiger partial charge in [0.15, 0.2) is 0 Å². The number of fused-ring (bicyclic) bond motifs is 1. The molecule has 2 aliphatic carbocycles. The molecule has 0 bridgehead atoms. The van der Waals surface area contributed by atoms with Gasteiger partial charge in [-0.25, -0.2) is 0 Å². The molecule has 18 heavy (non-hydrogen) atoms. The van der Waals surface area contributed by atoms with E-state index in [1.807, 2.05) is 11.3 Å². The lowest BCUT2D eigenvalue weighted by Gasteiger charge is -2.28. The SMILES string of the molecule is CC(C)C1(CNC2CCCc3sc(Br)cc32)CC1. The second-order valence-corrected chi connectivity index (χ2v) is 8.79. The van der Waals surface area contributed by atoms with Gasteiger partial charge in [0.25, 0.3) is 0 Å². The second-order valence-electron chi connectivity index (χ2n) is 6.27. The fraction of sp³-hybridized carbons (Fsp3) is 0.733. The van der Waals surface area contributed by atoms with Crippen molar-refractivity contribution >= 4 is 27.3 Å². The fourth-order valence-corrected chi connectivity index (χ4v) is 5.00. The summed E-state index contributed by atoms with van der Waals surface area (Å²) < 4.78 is 1.30. The minimum absolute atomic E-state index is 0.604. The van der Waals surface area contributed by atoms with Gasteiger partial charge in [0.05, 0.1) is 3.79 Å². The molecule has 0 spiro atoms. The summed E-state index contributed by atoms with van der Waals surface area (Å²) in [6, 6.07) is 2.94. The maximum Gasteiger partial charge on any atom is 0.0704 e. The predicted octanol–water partition coefficient (Wildman–Crippen LogP) is 4.91. The normalized spacial score (nSPS) is 25.2. The number of thiophene rings is 1. The van der Waals surface area contributed by atoms with Crippen molar-refractivity contribution in [1.29, 1.82) is 0 Å². The summed E-state index contributed by atoms with van der Waals surface area (Å²) in [4.78, 5) is 1.60. The van der Waals surface area contributed by atoms with Crippen LogP contribution in [-0.4, -0.2) is 6.54 Å². The number of nitrogens with one attached hydrogen (secondary N) is 1. The van der Waals surface area contributed by atoms with Crippen LogP contribution in [0.1, 0.15) is 56.0 Å². The number of halogens is 1. The highest BCUT2D eigenvalue weighted by Crippen LogP contribution is 2.51. The molecule has 1 aromatic rings. The van der Waals surface area contributed by atoms with Crippen molar-refractivity contribution in [3.8, 4) is 0 Å². The molecule has 1 aromatic heterocycles. The Labute approximate surface area is 122 Å². The van der Waals surface area contributed by atoms with Crippen molar-refractivity contribution in [2.45, 2.75) is 52.0 Å². The summed E-state index contributed by atoms with van der Waals surface area (Å²) in [6.45, 7) is 5.96. The van der Waals surface area contributed by atoms with Crippen LogP contribution < -0.4 is 5.32 Å². The van der Waals surface area contributed by atoms with Crippen LogP contribution >= 0.6 is 27.3 Å². The van der Waals surface area contributed by atoms with Crippen molar-refractivity contribution < 1.29 is 0 Å². The average Bonchev–Trinajstić information content (AvgIpc) is 3.02. The number of rotatable bonds is 4. The van der Waals surface area contributed by atoms with Crippen LogP contribution in [0.4, 0.5) is 0 Å². The van der Waals surface area contributed by atoms with E-state index in [-0.39, 0.29) is 0 Å². The molecule has 0 aromatic carbocycles. The van der Waals surface area contributed by atoms with Crippen LogP contribution in [0.3, 0.4) is 0 Å². The summed E-state index contributed by atoms with van der Waals surface area (Å²) in [6.07, 6.45) is 6.77. The first-order valence-corrected chi connectivity index (χ1v) is 8.73. The molecule has 0 saturated heterocycles. The molecule has 0 aliphatic heterocycles. The third kappa shape index (κ3) is 2.41. The highest BCUT2D eigenvalue weighted by Gasteiger charge is 2.45. The topological polar surface area (TPSA) is 12.0 Å². The Hall–Kier alpha value is 0.140. The number of hydrogen-bond donors (Lipinski definition) is 1. The van der Waals surface area contributed by atoms with Crippen molar-refractivity contribution in [3.63, 3.8) is 0 Å². The first kappa shape index (κ1) is 13.1. The van der Waals surface area contributed by atoms with Gasteiger partial charge in [-0.2, -0.15) is 0 Å². The van der Waals surface area contributed by atoms with Gasteiger partial charge in [-0.05, 0) is 71.0 Å². The van der Waals surface area contributed by atoms with E-state index in [2.05, 4.69) is 41.2 Å². The van der Waals surface area contributed by atoms with Crippen molar-refractivity contribution in [2.24, 2.45) is 11.3 Å². The van der Waals surface area contributed by atoms with Gasteiger partial charge in [0.1, 0.15) is 0 Å². The lowest BCUT2D eigenvalue weighted by atomic mass is 9.90. The largest absolute Gasteiger partial charge is 0.309 e. The van der Waals surface area contributed by atoms with E-state index in [1.165, 1.54) is 42.4 Å². The third-order valence-corrected chi connectivity index (χ3v) is 6.61. The fourth-order valence-electron chi connectivity index (χ4n) is 3.18. The van der Waals surface area contributed by atoms with Crippen molar-refractivity contribution in [1.82, 2.24) is 5.32 Å². The molecule has 1 heterocycles. The summed E-state index contributed by atoms with van der Waals surface area (Å²) in [5.41, 5.74) is 2.18. The van der Waals surface area contributed by atoms with Crippen LogP contribution in [0.15, 0.2) is 9.85 Å². The molecule has 1 N–H and O–H groups in total. The molecule has 1 fully saturated rings. The molecule has 1 atom stereocenters. The summed E-state index contributed by atoms with van der Waals surface area (Å²) >= 11 is 5.56. The molecule has 2 aliphatic rings. The van der Waals surface area contributed by atoms with Crippen LogP contribution in [0.2, 0.25) is 0 Å². The molecule has 1 saturated carbocycles. The van der Waals surface area contributed by atoms with Gasteiger partial charge in [0.2, 0.25) is 0 Å². The van der Waals surface area contributed by atoms with Gasteiger partial charge in [0, 0.05) is 17.5 Å². The Morgan fingerprint density at radius 2 is 2.28 bits per heavy atom. The Kier molecular flexibility index (Phi) is 3.59.